The zero-order chi connectivity index (χ0) is 40.7. The summed E-state index contributed by atoms with van der Waals surface area (Å²) in [4.78, 5) is 43.0. The molecule has 0 saturated carbocycles. The SMILES string of the molecule is CC(C)CCCCCCCCCCCCCCCCCCCCC(=O)OC[C@H](COP(=O)(O)O)OC(=O)CCCCCCCCCCCCCCCC(C)C. The second-order valence-corrected chi connectivity index (χ2v) is 18.6. The van der Waals surface area contributed by atoms with Crippen molar-refractivity contribution in [2.45, 2.75) is 259 Å². The summed E-state index contributed by atoms with van der Waals surface area (Å²) >= 11 is 0. The van der Waals surface area contributed by atoms with E-state index in [2.05, 4.69) is 32.2 Å². The molecule has 0 aromatic heterocycles. The summed E-state index contributed by atoms with van der Waals surface area (Å²) in [5.74, 6) is 0.808. The highest BCUT2D eigenvalue weighted by atomic mass is 31.2. The summed E-state index contributed by atoms with van der Waals surface area (Å²) in [5, 5.41) is 0. The van der Waals surface area contributed by atoms with Crippen molar-refractivity contribution in [3.63, 3.8) is 0 Å². The number of phosphoric ester groups is 1. The van der Waals surface area contributed by atoms with E-state index in [1.54, 1.807) is 0 Å². The van der Waals surface area contributed by atoms with Gasteiger partial charge in [0.15, 0.2) is 6.10 Å². The van der Waals surface area contributed by atoms with Crippen molar-refractivity contribution in [3.05, 3.63) is 0 Å². The molecule has 0 aliphatic carbocycles. The van der Waals surface area contributed by atoms with Crippen LogP contribution in [0.15, 0.2) is 0 Å². The number of hydrogen-bond acceptors (Lipinski definition) is 6. The van der Waals surface area contributed by atoms with Crippen LogP contribution in [-0.4, -0.2) is 41.0 Å². The lowest BCUT2D eigenvalue weighted by atomic mass is 10.0. The minimum atomic E-state index is -4.75. The van der Waals surface area contributed by atoms with Gasteiger partial charge in [0.1, 0.15) is 6.61 Å². The quantitative estimate of drug-likeness (QED) is 0.0355. The molecule has 55 heavy (non-hydrogen) atoms. The van der Waals surface area contributed by atoms with Crippen molar-refractivity contribution >= 4 is 19.8 Å². The molecule has 1 atom stereocenters. The largest absolute Gasteiger partial charge is 0.469 e. The summed E-state index contributed by atoms with van der Waals surface area (Å²) < 4.78 is 26.5. The van der Waals surface area contributed by atoms with Crippen LogP contribution in [0.2, 0.25) is 0 Å². The summed E-state index contributed by atoms with van der Waals surface area (Å²) in [6.45, 7) is 8.43. The lowest BCUT2D eigenvalue weighted by Gasteiger charge is -2.18. The highest BCUT2D eigenvalue weighted by Gasteiger charge is 2.23. The molecule has 0 fully saturated rings. The zero-order valence-electron chi connectivity index (χ0n) is 36.7. The van der Waals surface area contributed by atoms with Gasteiger partial charge >= 0.3 is 19.8 Å². The predicted molar refractivity (Wildman–Crippen MR) is 230 cm³/mol. The predicted octanol–water partition coefficient (Wildman–Crippen LogP) is 14.5. The molecular formula is C46H91O8P. The van der Waals surface area contributed by atoms with E-state index in [1.165, 1.54) is 167 Å². The highest BCUT2D eigenvalue weighted by molar-refractivity contribution is 7.46. The first-order chi connectivity index (χ1) is 26.5. The fraction of sp³-hybridized carbons (Fsp3) is 0.957. The van der Waals surface area contributed by atoms with Crippen LogP contribution in [0.25, 0.3) is 0 Å². The van der Waals surface area contributed by atoms with Crippen LogP contribution in [0, 0.1) is 11.8 Å². The number of ether oxygens (including phenoxy) is 2. The molecule has 0 aliphatic heterocycles. The van der Waals surface area contributed by atoms with Gasteiger partial charge in [-0.1, -0.05) is 227 Å². The Balaban J connectivity index is 3.79. The van der Waals surface area contributed by atoms with Gasteiger partial charge in [-0.05, 0) is 24.7 Å². The third-order valence-corrected chi connectivity index (χ3v) is 11.2. The zero-order valence-corrected chi connectivity index (χ0v) is 37.6. The smallest absolute Gasteiger partial charge is 0.462 e. The van der Waals surface area contributed by atoms with E-state index in [-0.39, 0.29) is 19.4 Å². The Morgan fingerprint density at radius 1 is 0.418 bits per heavy atom. The Kier molecular flexibility index (Phi) is 39.2. The first kappa shape index (κ1) is 54.0. The standard InChI is InChI=1S/C46H91O8P/c1-42(2)36-32-28-24-20-16-12-9-7-5-6-8-10-14-18-22-26-30-34-38-45(47)52-40-44(41-53-55(49,50)51)54-46(48)39-35-31-27-23-19-15-11-13-17-21-25-29-33-37-43(3)4/h42-44H,5-41H2,1-4H3,(H2,49,50,51)/t44-/m1/s1. The molecule has 0 saturated heterocycles. The monoisotopic (exact) mass is 803 g/mol. The van der Waals surface area contributed by atoms with E-state index >= 15 is 0 Å². The van der Waals surface area contributed by atoms with Crippen LogP contribution in [0.4, 0.5) is 0 Å². The average molecular weight is 803 g/mol. The van der Waals surface area contributed by atoms with E-state index in [0.29, 0.717) is 6.42 Å². The van der Waals surface area contributed by atoms with Crippen LogP contribution < -0.4 is 0 Å². The van der Waals surface area contributed by atoms with Crippen molar-refractivity contribution < 1.29 is 37.9 Å². The summed E-state index contributed by atoms with van der Waals surface area (Å²) in [6.07, 6.45) is 41.2. The lowest BCUT2D eigenvalue weighted by molar-refractivity contribution is -0.161. The second kappa shape index (κ2) is 39.9. The van der Waals surface area contributed by atoms with Crippen LogP contribution in [0.3, 0.4) is 0 Å². The first-order valence-corrected chi connectivity index (χ1v) is 25.1. The highest BCUT2D eigenvalue weighted by Crippen LogP contribution is 2.36. The van der Waals surface area contributed by atoms with Crippen LogP contribution >= 0.6 is 7.82 Å². The van der Waals surface area contributed by atoms with Crippen LogP contribution in [0.5, 0.6) is 0 Å². The Hall–Kier alpha value is -0.950. The molecule has 0 unspecified atom stereocenters. The van der Waals surface area contributed by atoms with Crippen molar-refractivity contribution in [2.75, 3.05) is 13.2 Å². The Morgan fingerprint density at radius 2 is 0.691 bits per heavy atom. The Morgan fingerprint density at radius 3 is 0.982 bits per heavy atom. The van der Waals surface area contributed by atoms with Gasteiger partial charge in [-0.15, -0.1) is 0 Å². The summed E-state index contributed by atoms with van der Waals surface area (Å²) in [5.41, 5.74) is 0. The van der Waals surface area contributed by atoms with Gasteiger partial charge in [-0.2, -0.15) is 0 Å². The summed E-state index contributed by atoms with van der Waals surface area (Å²) in [6, 6.07) is 0. The normalized spacial score (nSPS) is 12.5. The van der Waals surface area contributed by atoms with Crippen molar-refractivity contribution in [1.29, 1.82) is 0 Å². The van der Waals surface area contributed by atoms with Gasteiger partial charge in [0.2, 0.25) is 0 Å². The van der Waals surface area contributed by atoms with Gasteiger partial charge in [-0.3, -0.25) is 14.1 Å². The molecule has 0 heterocycles. The number of carbonyl (C=O) groups excluding carboxylic acids is 2. The fourth-order valence-electron chi connectivity index (χ4n) is 7.22. The Bertz CT molecular complexity index is 889. The maximum atomic E-state index is 12.4. The number of carbonyl (C=O) groups is 2. The topological polar surface area (TPSA) is 119 Å². The molecule has 0 amide bonds. The molecule has 0 bridgehead atoms. The number of phosphoric acid groups is 1. The maximum absolute atomic E-state index is 12.4. The second-order valence-electron chi connectivity index (χ2n) is 17.4. The summed E-state index contributed by atoms with van der Waals surface area (Å²) in [7, 11) is -4.75. The van der Waals surface area contributed by atoms with Gasteiger partial charge in [0.25, 0.3) is 0 Å². The van der Waals surface area contributed by atoms with E-state index in [0.717, 1.165) is 50.4 Å². The number of hydrogen-bond donors (Lipinski definition) is 2. The molecule has 8 nitrogen and oxygen atoms in total. The molecule has 328 valence electrons. The molecular weight excluding hydrogens is 711 g/mol. The molecule has 0 aliphatic rings. The molecule has 0 aromatic rings. The molecule has 0 radical (unpaired) electrons. The number of unbranched alkanes of at least 4 members (excludes halogenated alkanes) is 29. The van der Waals surface area contributed by atoms with E-state index in [4.69, 9.17) is 19.3 Å². The lowest BCUT2D eigenvalue weighted by Crippen LogP contribution is -2.29. The molecule has 9 heteroatoms. The van der Waals surface area contributed by atoms with E-state index in [1.807, 2.05) is 0 Å². The number of esters is 2. The van der Waals surface area contributed by atoms with Crippen LogP contribution in [-0.2, 0) is 28.2 Å². The number of rotatable bonds is 43. The maximum Gasteiger partial charge on any atom is 0.469 e. The molecule has 0 aromatic carbocycles. The van der Waals surface area contributed by atoms with Crippen molar-refractivity contribution in [3.8, 4) is 0 Å². The minimum absolute atomic E-state index is 0.219. The first-order valence-electron chi connectivity index (χ1n) is 23.5. The third kappa shape index (κ3) is 45.6. The van der Waals surface area contributed by atoms with Crippen molar-refractivity contribution in [2.24, 2.45) is 11.8 Å². The average Bonchev–Trinajstić information content (AvgIpc) is 3.12. The van der Waals surface area contributed by atoms with Gasteiger partial charge in [0, 0.05) is 12.8 Å². The Labute approximate surface area is 340 Å². The molecule has 0 spiro atoms. The van der Waals surface area contributed by atoms with Gasteiger partial charge in [-0.25, -0.2) is 4.57 Å². The van der Waals surface area contributed by atoms with Gasteiger partial charge < -0.3 is 19.3 Å². The fourth-order valence-corrected chi connectivity index (χ4v) is 7.58. The third-order valence-electron chi connectivity index (χ3n) is 10.7. The van der Waals surface area contributed by atoms with E-state index in [9.17, 15) is 14.2 Å². The molecule has 2 N–H and O–H groups in total. The van der Waals surface area contributed by atoms with Crippen molar-refractivity contribution in [1.82, 2.24) is 0 Å². The van der Waals surface area contributed by atoms with Crippen LogP contribution in [0.1, 0.15) is 252 Å². The minimum Gasteiger partial charge on any atom is -0.462 e. The van der Waals surface area contributed by atoms with Gasteiger partial charge in [0.05, 0.1) is 6.61 Å². The van der Waals surface area contributed by atoms with E-state index < -0.39 is 32.5 Å². The molecule has 0 rings (SSSR count).